The van der Waals surface area contributed by atoms with Crippen molar-refractivity contribution in [2.24, 2.45) is 17.8 Å². The van der Waals surface area contributed by atoms with E-state index in [4.69, 9.17) is 0 Å². The minimum atomic E-state index is 0.729. The average Bonchev–Trinajstić information content (AvgIpc) is 2.85. The first kappa shape index (κ1) is 11.2. The fourth-order valence-corrected chi connectivity index (χ4v) is 3.73. The van der Waals surface area contributed by atoms with Crippen molar-refractivity contribution in [3.63, 3.8) is 0 Å². The van der Waals surface area contributed by atoms with Crippen molar-refractivity contribution >= 4 is 0 Å². The van der Waals surface area contributed by atoms with Crippen molar-refractivity contribution in [1.29, 1.82) is 0 Å². The summed E-state index contributed by atoms with van der Waals surface area (Å²) in [6.07, 6.45) is 12.0. The van der Waals surface area contributed by atoms with Gasteiger partial charge >= 0.3 is 0 Å². The summed E-state index contributed by atoms with van der Waals surface area (Å²) in [7, 11) is 2.11. The van der Waals surface area contributed by atoms with Crippen LogP contribution in [0.4, 0.5) is 0 Å². The van der Waals surface area contributed by atoms with Gasteiger partial charge in [0.15, 0.2) is 0 Å². The third kappa shape index (κ3) is 2.63. The fourth-order valence-electron chi connectivity index (χ4n) is 3.73. The van der Waals surface area contributed by atoms with Crippen LogP contribution < -0.4 is 5.32 Å². The largest absolute Gasteiger partial charge is 0.317 e. The molecule has 2 rings (SSSR count). The molecular formula is C14H25N. The van der Waals surface area contributed by atoms with Crippen molar-refractivity contribution in [3.05, 3.63) is 12.7 Å². The third-order valence-electron chi connectivity index (χ3n) is 4.60. The van der Waals surface area contributed by atoms with Gasteiger partial charge in [-0.05, 0) is 63.3 Å². The Labute approximate surface area is 94.3 Å². The van der Waals surface area contributed by atoms with Crippen LogP contribution in [0, 0.1) is 17.8 Å². The van der Waals surface area contributed by atoms with E-state index in [1.54, 1.807) is 6.42 Å². The molecule has 0 aromatic rings. The Morgan fingerprint density at radius 2 is 2.27 bits per heavy atom. The van der Waals surface area contributed by atoms with E-state index in [9.17, 15) is 0 Å². The highest BCUT2D eigenvalue weighted by Gasteiger charge is 2.39. The molecule has 0 heterocycles. The second kappa shape index (κ2) is 5.16. The van der Waals surface area contributed by atoms with Crippen LogP contribution in [0.2, 0.25) is 0 Å². The number of fused-ring (bicyclic) bond motifs is 2. The zero-order valence-corrected chi connectivity index (χ0v) is 10.0. The minimum Gasteiger partial charge on any atom is -0.317 e. The Morgan fingerprint density at radius 3 is 2.80 bits per heavy atom. The molecule has 0 radical (unpaired) electrons. The summed E-state index contributed by atoms with van der Waals surface area (Å²) in [6, 6.07) is 0.729. The van der Waals surface area contributed by atoms with Gasteiger partial charge in [-0.3, -0.25) is 0 Å². The molecule has 15 heavy (non-hydrogen) atoms. The van der Waals surface area contributed by atoms with E-state index < -0.39 is 0 Å². The lowest BCUT2D eigenvalue weighted by atomic mass is 9.83. The van der Waals surface area contributed by atoms with Crippen LogP contribution in [0.5, 0.6) is 0 Å². The van der Waals surface area contributed by atoms with E-state index in [0.29, 0.717) is 0 Å². The number of allylic oxidation sites excluding steroid dienone is 1. The molecule has 1 heteroatoms. The molecule has 2 bridgehead atoms. The molecule has 2 saturated carbocycles. The Hall–Kier alpha value is -0.300. The van der Waals surface area contributed by atoms with Crippen molar-refractivity contribution in [3.8, 4) is 0 Å². The summed E-state index contributed by atoms with van der Waals surface area (Å²) in [5.74, 6) is 3.21. The fraction of sp³-hybridized carbons (Fsp3) is 0.857. The first-order valence-corrected chi connectivity index (χ1v) is 6.61. The predicted molar refractivity (Wildman–Crippen MR) is 65.8 cm³/mol. The van der Waals surface area contributed by atoms with Crippen LogP contribution in [-0.2, 0) is 0 Å². The molecule has 0 aliphatic heterocycles. The maximum Gasteiger partial charge on any atom is 0.00697 e. The SMILES string of the molecule is C=CCCC(CC1CC2CCC1C2)NC. The number of rotatable bonds is 6. The number of hydrogen-bond acceptors (Lipinski definition) is 1. The van der Waals surface area contributed by atoms with Gasteiger partial charge in [-0.2, -0.15) is 0 Å². The zero-order valence-electron chi connectivity index (χ0n) is 10.0. The van der Waals surface area contributed by atoms with Crippen molar-refractivity contribution in [2.75, 3.05) is 7.05 Å². The predicted octanol–water partition coefficient (Wildman–Crippen LogP) is 3.37. The summed E-state index contributed by atoms with van der Waals surface area (Å²) in [5, 5.41) is 3.48. The summed E-state index contributed by atoms with van der Waals surface area (Å²) >= 11 is 0. The molecule has 4 atom stereocenters. The molecule has 2 fully saturated rings. The van der Waals surface area contributed by atoms with Crippen LogP contribution in [-0.4, -0.2) is 13.1 Å². The highest BCUT2D eigenvalue weighted by atomic mass is 14.9. The van der Waals surface area contributed by atoms with E-state index in [2.05, 4.69) is 18.9 Å². The molecule has 0 spiro atoms. The van der Waals surface area contributed by atoms with E-state index >= 15 is 0 Å². The van der Waals surface area contributed by atoms with Crippen molar-refractivity contribution in [2.45, 2.75) is 51.0 Å². The topological polar surface area (TPSA) is 12.0 Å². The highest BCUT2D eigenvalue weighted by Crippen LogP contribution is 2.49. The molecule has 0 aromatic carbocycles. The first-order chi connectivity index (χ1) is 7.33. The maximum atomic E-state index is 3.81. The second-order valence-corrected chi connectivity index (χ2v) is 5.52. The van der Waals surface area contributed by atoms with Gasteiger partial charge in [0.1, 0.15) is 0 Å². The molecule has 2 aliphatic rings. The maximum absolute atomic E-state index is 3.81. The minimum absolute atomic E-state index is 0.729. The number of nitrogens with one attached hydrogen (secondary N) is 1. The van der Waals surface area contributed by atoms with Gasteiger partial charge in [0.25, 0.3) is 0 Å². The van der Waals surface area contributed by atoms with Gasteiger partial charge in [-0.25, -0.2) is 0 Å². The quantitative estimate of drug-likeness (QED) is 0.658. The molecule has 1 N–H and O–H groups in total. The molecular weight excluding hydrogens is 182 g/mol. The number of hydrogen-bond donors (Lipinski definition) is 1. The van der Waals surface area contributed by atoms with E-state index in [0.717, 1.165) is 30.2 Å². The van der Waals surface area contributed by atoms with E-state index in [1.807, 2.05) is 6.08 Å². The second-order valence-electron chi connectivity index (χ2n) is 5.52. The van der Waals surface area contributed by atoms with Gasteiger partial charge < -0.3 is 5.32 Å². The van der Waals surface area contributed by atoms with Gasteiger partial charge in [0, 0.05) is 6.04 Å². The van der Waals surface area contributed by atoms with Crippen LogP contribution in [0.25, 0.3) is 0 Å². The van der Waals surface area contributed by atoms with Crippen LogP contribution >= 0.6 is 0 Å². The molecule has 1 nitrogen and oxygen atoms in total. The molecule has 86 valence electrons. The van der Waals surface area contributed by atoms with Gasteiger partial charge in [0.2, 0.25) is 0 Å². The van der Waals surface area contributed by atoms with Gasteiger partial charge in [0.05, 0.1) is 0 Å². The van der Waals surface area contributed by atoms with Gasteiger partial charge in [-0.1, -0.05) is 12.5 Å². The van der Waals surface area contributed by atoms with Crippen LogP contribution in [0.15, 0.2) is 12.7 Å². The molecule has 0 saturated heterocycles. The molecule has 0 aromatic heterocycles. The normalized spacial score (nSPS) is 35.7. The first-order valence-electron chi connectivity index (χ1n) is 6.61. The Balaban J connectivity index is 1.77. The highest BCUT2D eigenvalue weighted by molar-refractivity contribution is 4.91. The molecule has 2 aliphatic carbocycles. The smallest absolute Gasteiger partial charge is 0.00697 e. The standard InChI is InChI=1S/C14H25N/c1-3-4-5-14(15-2)10-13-9-11-6-7-12(13)8-11/h3,11-15H,1,4-10H2,2H3. The summed E-state index contributed by atoms with van der Waals surface area (Å²) in [6.45, 7) is 3.81. The zero-order chi connectivity index (χ0) is 10.7. The van der Waals surface area contributed by atoms with Crippen molar-refractivity contribution < 1.29 is 0 Å². The van der Waals surface area contributed by atoms with E-state index in [-0.39, 0.29) is 0 Å². The summed E-state index contributed by atoms with van der Waals surface area (Å²) < 4.78 is 0. The lowest BCUT2D eigenvalue weighted by molar-refractivity contribution is 0.277. The summed E-state index contributed by atoms with van der Waals surface area (Å²) in [5.41, 5.74) is 0. The lowest BCUT2D eigenvalue weighted by Crippen LogP contribution is -2.29. The molecule has 4 unspecified atom stereocenters. The van der Waals surface area contributed by atoms with Gasteiger partial charge in [-0.15, -0.1) is 6.58 Å². The van der Waals surface area contributed by atoms with Crippen LogP contribution in [0.3, 0.4) is 0 Å². The van der Waals surface area contributed by atoms with Crippen molar-refractivity contribution in [1.82, 2.24) is 5.32 Å². The Kier molecular flexibility index (Phi) is 3.85. The monoisotopic (exact) mass is 207 g/mol. The molecule has 0 amide bonds. The van der Waals surface area contributed by atoms with E-state index in [1.165, 1.54) is 32.1 Å². The Morgan fingerprint density at radius 1 is 1.40 bits per heavy atom. The average molecular weight is 207 g/mol. The third-order valence-corrected chi connectivity index (χ3v) is 4.60. The van der Waals surface area contributed by atoms with Crippen LogP contribution in [0.1, 0.15) is 44.9 Å². The lowest BCUT2D eigenvalue weighted by Gasteiger charge is -2.26. The summed E-state index contributed by atoms with van der Waals surface area (Å²) in [4.78, 5) is 0. The Bertz CT molecular complexity index is 211.